The molecule has 0 saturated heterocycles. The Balaban J connectivity index is 1.00. The van der Waals surface area contributed by atoms with E-state index in [2.05, 4.69) is 215 Å². The zero-order chi connectivity index (χ0) is 41.9. The van der Waals surface area contributed by atoms with Crippen molar-refractivity contribution in [3.05, 3.63) is 192 Å². The molecule has 61 heavy (non-hydrogen) atoms. The van der Waals surface area contributed by atoms with E-state index < -0.39 is 0 Å². The first kappa shape index (κ1) is 39.3. The van der Waals surface area contributed by atoms with Crippen molar-refractivity contribution in [2.75, 3.05) is 9.80 Å². The van der Waals surface area contributed by atoms with Gasteiger partial charge in [-0.25, -0.2) is 0 Å². The molecule has 0 radical (unpaired) electrons. The zero-order valence-corrected chi connectivity index (χ0v) is 37.0. The van der Waals surface area contributed by atoms with Gasteiger partial charge in [0.1, 0.15) is 0 Å². The fourth-order valence-electron chi connectivity index (χ4n) is 11.0. The topological polar surface area (TPSA) is 6.48 Å². The first-order chi connectivity index (χ1) is 29.5. The van der Waals surface area contributed by atoms with Crippen molar-refractivity contribution < 1.29 is 0 Å². The summed E-state index contributed by atoms with van der Waals surface area (Å²) in [5.74, 6) is 0.647. The summed E-state index contributed by atoms with van der Waals surface area (Å²) in [7, 11) is 0. The molecule has 0 N–H and O–H groups in total. The predicted molar refractivity (Wildman–Crippen MR) is 260 cm³/mol. The number of hydrogen-bond donors (Lipinski definition) is 0. The highest BCUT2D eigenvalue weighted by Gasteiger charge is 2.38. The van der Waals surface area contributed by atoms with Crippen LogP contribution in [0.25, 0.3) is 22.3 Å². The van der Waals surface area contributed by atoms with Crippen LogP contribution in [0.15, 0.2) is 164 Å². The molecule has 0 amide bonds. The smallest absolute Gasteiger partial charge is 0.0468 e. The molecule has 0 atom stereocenters. The van der Waals surface area contributed by atoms with Gasteiger partial charge in [-0.15, -0.1) is 0 Å². The van der Waals surface area contributed by atoms with Gasteiger partial charge < -0.3 is 9.80 Å². The van der Waals surface area contributed by atoms with E-state index in [9.17, 15) is 0 Å². The van der Waals surface area contributed by atoms with E-state index in [1.54, 1.807) is 0 Å². The summed E-state index contributed by atoms with van der Waals surface area (Å²) in [6.07, 6.45) is 9.04. The van der Waals surface area contributed by atoms with E-state index in [4.69, 9.17) is 0 Å². The molecule has 0 aromatic heterocycles. The van der Waals surface area contributed by atoms with Gasteiger partial charge >= 0.3 is 0 Å². The summed E-state index contributed by atoms with van der Waals surface area (Å²) < 4.78 is 0. The lowest BCUT2D eigenvalue weighted by atomic mass is 9.63. The van der Waals surface area contributed by atoms with Crippen LogP contribution >= 0.6 is 0 Å². The molecule has 0 aliphatic heterocycles. The Labute approximate surface area is 364 Å². The van der Waals surface area contributed by atoms with Crippen LogP contribution in [0, 0.1) is 0 Å². The van der Waals surface area contributed by atoms with Crippen LogP contribution in [0.1, 0.15) is 120 Å². The second-order valence-corrected chi connectivity index (χ2v) is 19.9. The molecule has 1 fully saturated rings. The third-order valence-corrected chi connectivity index (χ3v) is 14.7. The van der Waals surface area contributed by atoms with Crippen molar-refractivity contribution in [3.63, 3.8) is 0 Å². The van der Waals surface area contributed by atoms with Crippen LogP contribution in [-0.4, -0.2) is 0 Å². The molecule has 1 saturated carbocycles. The lowest BCUT2D eigenvalue weighted by Gasteiger charge is -2.42. The summed E-state index contributed by atoms with van der Waals surface area (Å²) >= 11 is 0. The Kier molecular flexibility index (Phi) is 9.82. The second kappa shape index (κ2) is 15.2. The average molecular weight is 797 g/mol. The predicted octanol–water partition coefficient (Wildman–Crippen LogP) is 17.0. The van der Waals surface area contributed by atoms with Crippen LogP contribution in [0.5, 0.6) is 0 Å². The third-order valence-electron chi connectivity index (χ3n) is 14.7. The molecule has 7 aromatic rings. The number of rotatable bonds is 8. The van der Waals surface area contributed by atoms with Gasteiger partial charge in [0.2, 0.25) is 0 Å². The summed E-state index contributed by atoms with van der Waals surface area (Å²) in [4.78, 5) is 4.90. The van der Waals surface area contributed by atoms with Crippen LogP contribution < -0.4 is 9.80 Å². The van der Waals surface area contributed by atoms with Gasteiger partial charge in [0, 0.05) is 39.5 Å². The SMILES string of the molecule is CC1(C)CCC(C)(C)c2cc(N(c3ccc(-c4ccc(N(c5ccccc5)c5ccc6c(c5)-c5ccccc5C6(C)C)cc4)cc3)c3cccc(C4CCCCC4)c3)ccc21. The van der Waals surface area contributed by atoms with E-state index in [1.807, 2.05) is 0 Å². The van der Waals surface area contributed by atoms with E-state index in [1.165, 1.54) is 112 Å². The first-order valence-electron chi connectivity index (χ1n) is 22.8. The number of hydrogen-bond acceptors (Lipinski definition) is 2. The monoisotopic (exact) mass is 796 g/mol. The number of nitrogens with zero attached hydrogens (tertiary/aromatic N) is 2. The fourth-order valence-corrected chi connectivity index (χ4v) is 11.0. The largest absolute Gasteiger partial charge is 0.310 e. The Morgan fingerprint density at radius 1 is 0.377 bits per heavy atom. The molecule has 306 valence electrons. The van der Waals surface area contributed by atoms with E-state index >= 15 is 0 Å². The van der Waals surface area contributed by atoms with Crippen LogP contribution in [0.3, 0.4) is 0 Å². The van der Waals surface area contributed by atoms with Crippen molar-refractivity contribution in [1.29, 1.82) is 0 Å². The Hall–Kier alpha value is -5.86. The average Bonchev–Trinajstić information content (AvgIpc) is 3.52. The minimum atomic E-state index is -0.0239. The van der Waals surface area contributed by atoms with E-state index in [0.29, 0.717) is 5.92 Å². The molecule has 0 bridgehead atoms. The molecule has 3 aliphatic carbocycles. The summed E-state index contributed by atoms with van der Waals surface area (Å²) in [6.45, 7) is 14.4. The fraction of sp³-hybridized carbons (Fsp3) is 0.288. The van der Waals surface area contributed by atoms with Crippen LogP contribution in [0.2, 0.25) is 0 Å². The normalized spacial score (nSPS) is 17.2. The highest BCUT2D eigenvalue weighted by atomic mass is 15.1. The molecular weight excluding hydrogens is 737 g/mol. The standard InChI is InChI=1S/C59H60N2/c1-57(2)36-37-58(3,4)56-40-50(33-35-55(56)57)61(48-21-15-18-44(38-48)41-16-9-7-10-17-41)47-30-26-43(27-31-47)42-24-28-46(29-25-42)60(45-19-11-8-12-20-45)49-32-34-54-52(39-49)51-22-13-14-23-53(51)59(54,5)6/h8,11-15,18-35,38-41H,7,9-10,16-17,36-37H2,1-6H3. The quantitative estimate of drug-likeness (QED) is 0.151. The van der Waals surface area contributed by atoms with Gasteiger partial charge in [-0.3, -0.25) is 0 Å². The summed E-state index contributed by atoms with van der Waals surface area (Å²) in [5, 5.41) is 0. The number of para-hydroxylation sites is 1. The minimum absolute atomic E-state index is 0.0239. The molecule has 2 heteroatoms. The number of benzene rings is 7. The first-order valence-corrected chi connectivity index (χ1v) is 22.8. The molecule has 0 spiro atoms. The number of fused-ring (bicyclic) bond motifs is 4. The van der Waals surface area contributed by atoms with Crippen molar-refractivity contribution in [2.45, 2.75) is 109 Å². The van der Waals surface area contributed by atoms with Gasteiger partial charge in [0.25, 0.3) is 0 Å². The van der Waals surface area contributed by atoms with Crippen LogP contribution in [0.4, 0.5) is 34.1 Å². The maximum absolute atomic E-state index is 2.51. The number of anilines is 6. The molecule has 0 unspecified atom stereocenters. The van der Waals surface area contributed by atoms with Crippen molar-refractivity contribution in [3.8, 4) is 22.3 Å². The molecule has 0 heterocycles. The maximum Gasteiger partial charge on any atom is 0.0468 e. The van der Waals surface area contributed by atoms with Gasteiger partial charge in [-0.1, -0.05) is 152 Å². The van der Waals surface area contributed by atoms with E-state index in [-0.39, 0.29) is 16.2 Å². The van der Waals surface area contributed by atoms with Crippen molar-refractivity contribution >= 4 is 34.1 Å². The Morgan fingerprint density at radius 2 is 0.869 bits per heavy atom. The highest BCUT2D eigenvalue weighted by molar-refractivity contribution is 5.87. The van der Waals surface area contributed by atoms with Gasteiger partial charge in [0.05, 0.1) is 0 Å². The van der Waals surface area contributed by atoms with Crippen LogP contribution in [-0.2, 0) is 16.2 Å². The summed E-state index contributed by atoms with van der Waals surface area (Å²) in [6, 6.07) is 61.9. The molecule has 3 aliphatic rings. The molecule has 10 rings (SSSR count). The van der Waals surface area contributed by atoms with Gasteiger partial charge in [-0.05, 0) is 165 Å². The molecule has 2 nitrogen and oxygen atoms in total. The van der Waals surface area contributed by atoms with Gasteiger partial charge in [0.15, 0.2) is 0 Å². The Bertz CT molecular complexity index is 2690. The third kappa shape index (κ3) is 7.08. The maximum atomic E-state index is 2.51. The molecular formula is C59H60N2. The highest BCUT2D eigenvalue weighted by Crippen LogP contribution is 2.51. The Morgan fingerprint density at radius 3 is 1.54 bits per heavy atom. The minimum Gasteiger partial charge on any atom is -0.310 e. The lowest BCUT2D eigenvalue weighted by molar-refractivity contribution is 0.332. The second-order valence-electron chi connectivity index (χ2n) is 19.9. The molecule has 7 aromatic carbocycles. The van der Waals surface area contributed by atoms with E-state index in [0.717, 1.165) is 17.1 Å². The lowest BCUT2D eigenvalue weighted by Crippen LogP contribution is -2.34. The summed E-state index contributed by atoms with van der Waals surface area (Å²) in [5.41, 5.74) is 19.7. The van der Waals surface area contributed by atoms with Crippen molar-refractivity contribution in [1.82, 2.24) is 0 Å². The van der Waals surface area contributed by atoms with Gasteiger partial charge in [-0.2, -0.15) is 0 Å². The van der Waals surface area contributed by atoms with Crippen molar-refractivity contribution in [2.24, 2.45) is 0 Å². The zero-order valence-electron chi connectivity index (χ0n) is 37.0.